The summed E-state index contributed by atoms with van der Waals surface area (Å²) in [6.07, 6.45) is -0.188. The summed E-state index contributed by atoms with van der Waals surface area (Å²) in [6.45, 7) is 1.92. The van der Waals surface area contributed by atoms with Gasteiger partial charge >= 0.3 is 5.97 Å². The van der Waals surface area contributed by atoms with Gasteiger partial charge in [0.25, 0.3) is 0 Å². The monoisotopic (exact) mass is 253 g/mol. The lowest BCUT2D eigenvalue weighted by molar-refractivity contribution is -0.143. The van der Waals surface area contributed by atoms with Crippen molar-refractivity contribution in [2.24, 2.45) is 5.92 Å². The van der Waals surface area contributed by atoms with Crippen molar-refractivity contribution >= 4 is 11.9 Å². The van der Waals surface area contributed by atoms with E-state index in [-0.39, 0.29) is 18.1 Å². The fourth-order valence-electron chi connectivity index (χ4n) is 1.67. The molecule has 0 heterocycles. The van der Waals surface area contributed by atoms with E-state index in [0.717, 1.165) is 5.56 Å². The van der Waals surface area contributed by atoms with Gasteiger partial charge < -0.3 is 10.0 Å². The topological polar surface area (TPSA) is 57.6 Å². The normalized spacial score (nSPS) is 11.9. The van der Waals surface area contributed by atoms with Crippen LogP contribution in [0.3, 0.4) is 0 Å². The molecule has 0 saturated heterocycles. The highest BCUT2D eigenvalue weighted by atomic mass is 19.1. The summed E-state index contributed by atoms with van der Waals surface area (Å²) in [5.41, 5.74) is 0.801. The summed E-state index contributed by atoms with van der Waals surface area (Å²) in [6, 6.07) is 5.85. The summed E-state index contributed by atoms with van der Waals surface area (Å²) in [7, 11) is 1.60. The van der Waals surface area contributed by atoms with Crippen molar-refractivity contribution in [3.63, 3.8) is 0 Å². The zero-order valence-corrected chi connectivity index (χ0v) is 10.4. The number of halogens is 1. The molecule has 1 aromatic carbocycles. The maximum absolute atomic E-state index is 12.7. The summed E-state index contributed by atoms with van der Waals surface area (Å²) in [4.78, 5) is 23.8. The number of hydrogen-bond acceptors (Lipinski definition) is 2. The Morgan fingerprint density at radius 3 is 2.39 bits per heavy atom. The van der Waals surface area contributed by atoms with Crippen LogP contribution >= 0.6 is 0 Å². The van der Waals surface area contributed by atoms with Crippen molar-refractivity contribution in [2.75, 3.05) is 7.05 Å². The number of benzene rings is 1. The number of carbonyl (C=O) groups excluding carboxylic acids is 1. The molecule has 0 aliphatic carbocycles. The first kappa shape index (κ1) is 14.2. The lowest BCUT2D eigenvalue weighted by atomic mass is 10.1. The molecule has 0 saturated carbocycles. The molecule has 1 unspecified atom stereocenters. The second-order valence-electron chi connectivity index (χ2n) is 4.32. The third-order valence-corrected chi connectivity index (χ3v) is 2.61. The lowest BCUT2D eigenvalue weighted by Gasteiger charge is -2.20. The zero-order valence-electron chi connectivity index (χ0n) is 10.4. The fraction of sp³-hybridized carbons (Fsp3) is 0.385. The van der Waals surface area contributed by atoms with Crippen LogP contribution in [0.15, 0.2) is 24.3 Å². The standard InChI is InChI=1S/C13H16FNO3/c1-9(7-12(16)17)13(18)15(2)8-10-3-5-11(14)6-4-10/h3-6,9H,7-8H2,1-2H3,(H,16,17). The number of hydrogen-bond donors (Lipinski definition) is 1. The van der Waals surface area contributed by atoms with Crippen molar-refractivity contribution in [3.05, 3.63) is 35.6 Å². The summed E-state index contributed by atoms with van der Waals surface area (Å²) >= 11 is 0. The zero-order chi connectivity index (χ0) is 13.7. The summed E-state index contributed by atoms with van der Waals surface area (Å²) in [5, 5.41) is 8.62. The summed E-state index contributed by atoms with van der Waals surface area (Å²) in [5.74, 6) is -2.12. The molecule has 4 nitrogen and oxygen atoms in total. The van der Waals surface area contributed by atoms with Crippen LogP contribution in [0.1, 0.15) is 18.9 Å². The number of carboxylic acid groups (broad SMARTS) is 1. The van der Waals surface area contributed by atoms with Crippen molar-refractivity contribution in [1.82, 2.24) is 4.90 Å². The van der Waals surface area contributed by atoms with Gasteiger partial charge in [0.1, 0.15) is 5.82 Å². The lowest BCUT2D eigenvalue weighted by Crippen LogP contribution is -2.32. The van der Waals surface area contributed by atoms with Crippen molar-refractivity contribution in [2.45, 2.75) is 19.9 Å². The number of carboxylic acids is 1. The molecular formula is C13H16FNO3. The van der Waals surface area contributed by atoms with Gasteiger partial charge in [-0.3, -0.25) is 9.59 Å². The molecule has 18 heavy (non-hydrogen) atoms. The average molecular weight is 253 g/mol. The van der Waals surface area contributed by atoms with Gasteiger partial charge in [0, 0.05) is 19.5 Å². The highest BCUT2D eigenvalue weighted by Gasteiger charge is 2.20. The van der Waals surface area contributed by atoms with E-state index in [0.29, 0.717) is 6.54 Å². The molecular weight excluding hydrogens is 237 g/mol. The van der Waals surface area contributed by atoms with E-state index >= 15 is 0 Å². The molecule has 1 amide bonds. The smallest absolute Gasteiger partial charge is 0.304 e. The van der Waals surface area contributed by atoms with Crippen LogP contribution in [0, 0.1) is 11.7 Å². The van der Waals surface area contributed by atoms with Gasteiger partial charge in [0.2, 0.25) is 5.91 Å². The Balaban J connectivity index is 2.59. The van der Waals surface area contributed by atoms with Gasteiger partial charge in [-0.25, -0.2) is 4.39 Å². The fourth-order valence-corrected chi connectivity index (χ4v) is 1.67. The average Bonchev–Trinajstić information content (AvgIpc) is 2.30. The first-order chi connectivity index (χ1) is 8.40. The molecule has 0 aliphatic heterocycles. The molecule has 1 aromatic rings. The Labute approximate surface area is 105 Å². The van der Waals surface area contributed by atoms with Gasteiger partial charge in [-0.2, -0.15) is 0 Å². The minimum atomic E-state index is -0.994. The second kappa shape index (κ2) is 6.14. The predicted octanol–water partition coefficient (Wildman–Crippen LogP) is 1.89. The molecule has 1 N–H and O–H groups in total. The minimum Gasteiger partial charge on any atom is -0.481 e. The molecule has 1 rings (SSSR count). The maximum Gasteiger partial charge on any atom is 0.304 e. The van der Waals surface area contributed by atoms with E-state index in [1.807, 2.05) is 0 Å². The first-order valence-electron chi connectivity index (χ1n) is 5.61. The largest absolute Gasteiger partial charge is 0.481 e. The number of nitrogens with zero attached hydrogens (tertiary/aromatic N) is 1. The number of aliphatic carboxylic acids is 1. The Morgan fingerprint density at radius 1 is 1.33 bits per heavy atom. The number of amides is 1. The first-order valence-corrected chi connectivity index (χ1v) is 5.61. The van der Waals surface area contributed by atoms with Crippen molar-refractivity contribution in [3.8, 4) is 0 Å². The van der Waals surface area contributed by atoms with Crippen LogP contribution < -0.4 is 0 Å². The summed E-state index contributed by atoms with van der Waals surface area (Å²) < 4.78 is 12.7. The van der Waals surface area contributed by atoms with Crippen molar-refractivity contribution < 1.29 is 19.1 Å². The predicted molar refractivity (Wildman–Crippen MR) is 64.3 cm³/mol. The van der Waals surface area contributed by atoms with Crippen LogP contribution in [-0.4, -0.2) is 28.9 Å². The van der Waals surface area contributed by atoms with E-state index in [1.165, 1.54) is 17.0 Å². The van der Waals surface area contributed by atoms with Gasteiger partial charge in [-0.15, -0.1) is 0 Å². The Kier molecular flexibility index (Phi) is 4.83. The Hall–Kier alpha value is -1.91. The molecule has 0 spiro atoms. The number of carbonyl (C=O) groups is 2. The van der Waals surface area contributed by atoms with Gasteiger partial charge in [0.05, 0.1) is 6.42 Å². The molecule has 0 radical (unpaired) electrons. The molecule has 0 bridgehead atoms. The molecule has 5 heteroatoms. The SMILES string of the molecule is CC(CC(=O)O)C(=O)N(C)Cc1ccc(F)cc1. The van der Waals surface area contributed by atoms with Crippen LogP contribution in [0.2, 0.25) is 0 Å². The van der Waals surface area contributed by atoms with Gasteiger partial charge in [-0.05, 0) is 17.7 Å². The van der Waals surface area contributed by atoms with Gasteiger partial charge in [0.15, 0.2) is 0 Å². The number of rotatable bonds is 5. The van der Waals surface area contributed by atoms with E-state index in [2.05, 4.69) is 0 Å². The molecule has 0 aliphatic rings. The third kappa shape index (κ3) is 4.16. The molecule has 0 aromatic heterocycles. The van der Waals surface area contributed by atoms with E-state index in [4.69, 9.17) is 5.11 Å². The van der Waals surface area contributed by atoms with Crippen LogP contribution in [0.4, 0.5) is 4.39 Å². The van der Waals surface area contributed by atoms with E-state index < -0.39 is 11.9 Å². The quantitative estimate of drug-likeness (QED) is 0.871. The molecule has 98 valence electrons. The second-order valence-corrected chi connectivity index (χ2v) is 4.32. The Morgan fingerprint density at radius 2 is 1.89 bits per heavy atom. The van der Waals surface area contributed by atoms with E-state index in [1.54, 1.807) is 26.1 Å². The van der Waals surface area contributed by atoms with Crippen LogP contribution in [0.25, 0.3) is 0 Å². The highest BCUT2D eigenvalue weighted by molar-refractivity contribution is 5.82. The molecule has 1 atom stereocenters. The Bertz CT molecular complexity index is 430. The van der Waals surface area contributed by atoms with Gasteiger partial charge in [-0.1, -0.05) is 19.1 Å². The van der Waals surface area contributed by atoms with Crippen LogP contribution in [-0.2, 0) is 16.1 Å². The molecule has 0 fully saturated rings. The van der Waals surface area contributed by atoms with Crippen LogP contribution in [0.5, 0.6) is 0 Å². The van der Waals surface area contributed by atoms with Crippen molar-refractivity contribution in [1.29, 1.82) is 0 Å². The van der Waals surface area contributed by atoms with E-state index in [9.17, 15) is 14.0 Å². The minimum absolute atomic E-state index is 0.188. The third-order valence-electron chi connectivity index (χ3n) is 2.61. The highest BCUT2D eigenvalue weighted by Crippen LogP contribution is 2.10. The maximum atomic E-state index is 12.7.